The molecule has 2 nitrogen and oxygen atoms in total. The molecule has 6 heavy (non-hydrogen) atoms. The van der Waals surface area contributed by atoms with E-state index in [2.05, 4.69) is 32.9 Å². The molecule has 1 aliphatic rings. The molecule has 0 bridgehead atoms. The van der Waals surface area contributed by atoms with Crippen LogP contribution in [0.2, 0.25) is 0 Å². The lowest BCUT2D eigenvalue weighted by Crippen LogP contribution is -2.15. The number of hydrogen-bond donors (Lipinski definition) is 1. The minimum atomic E-state index is 0.544. The van der Waals surface area contributed by atoms with E-state index in [0.717, 1.165) is 6.54 Å². The Balaban J connectivity index is 2.32. The summed E-state index contributed by atoms with van der Waals surface area (Å²) in [5, 5.41) is 3.01. The summed E-state index contributed by atoms with van der Waals surface area (Å²) in [6.45, 7) is 0.931. The maximum Gasteiger partial charge on any atom is 0.0985 e. The fourth-order valence-corrected chi connectivity index (χ4v) is 0.720. The maximum atomic E-state index is 3.92. The topological polar surface area (TPSA) is 24.4 Å². The second-order valence-corrected chi connectivity index (χ2v) is 2.63. The van der Waals surface area contributed by atoms with Gasteiger partial charge in [-0.2, -0.15) is 0 Å². The zero-order chi connectivity index (χ0) is 4.41. The first-order valence-electron chi connectivity index (χ1n) is 1.78. The molecule has 0 aromatic heterocycles. The molecule has 1 N–H and O–H groups in total. The van der Waals surface area contributed by atoms with Gasteiger partial charge in [0, 0.05) is 0 Å². The van der Waals surface area contributed by atoms with E-state index >= 15 is 0 Å². The van der Waals surface area contributed by atoms with Gasteiger partial charge in [-0.25, -0.2) is 0 Å². The number of rotatable bonds is 0. The first-order chi connectivity index (χ1) is 2.89. The highest BCUT2D eigenvalue weighted by molar-refractivity contribution is 14.1. The molecule has 0 fully saturated rings. The average molecular weight is 196 g/mol. The van der Waals surface area contributed by atoms with E-state index in [1.807, 2.05) is 0 Å². The highest BCUT2D eigenvalue weighted by Gasteiger charge is 2.01. The van der Waals surface area contributed by atoms with Gasteiger partial charge in [-0.3, -0.25) is 4.99 Å². The Hall–Kier alpha value is 0.200. The lowest BCUT2D eigenvalue weighted by Gasteiger charge is -1.92. The second-order valence-electron chi connectivity index (χ2n) is 1.13. The standard InChI is InChI=1S/C3H5IN2/c4-3-1-5-2-6-3/h2-3H,1H2,(H,5,6). The summed E-state index contributed by atoms with van der Waals surface area (Å²) in [6.07, 6.45) is 1.75. The fourth-order valence-electron chi connectivity index (χ4n) is 0.332. The molecule has 1 atom stereocenters. The summed E-state index contributed by atoms with van der Waals surface area (Å²) in [5.74, 6) is 0. The Morgan fingerprint density at radius 2 is 2.83 bits per heavy atom. The van der Waals surface area contributed by atoms with Crippen LogP contribution in [0.1, 0.15) is 0 Å². The number of nitrogens with one attached hydrogen (secondary N) is 1. The van der Waals surface area contributed by atoms with Crippen molar-refractivity contribution < 1.29 is 0 Å². The lowest BCUT2D eigenvalue weighted by atomic mass is 10.7. The molecule has 0 amide bonds. The van der Waals surface area contributed by atoms with Crippen LogP contribution in [-0.2, 0) is 0 Å². The Morgan fingerprint density at radius 1 is 2.00 bits per heavy atom. The van der Waals surface area contributed by atoms with Crippen molar-refractivity contribution in [1.82, 2.24) is 5.32 Å². The van der Waals surface area contributed by atoms with Crippen LogP contribution in [0, 0.1) is 0 Å². The Labute approximate surface area is 50.2 Å². The van der Waals surface area contributed by atoms with Gasteiger partial charge in [-0.15, -0.1) is 0 Å². The third kappa shape index (κ3) is 0.830. The molecule has 1 unspecified atom stereocenters. The molecule has 0 aromatic rings. The molecular formula is C3H5IN2. The molecule has 0 saturated heterocycles. The molecule has 0 saturated carbocycles. The maximum absolute atomic E-state index is 3.92. The molecule has 0 aromatic carbocycles. The van der Waals surface area contributed by atoms with Gasteiger partial charge in [0.05, 0.1) is 16.9 Å². The third-order valence-corrected chi connectivity index (χ3v) is 1.37. The quantitative estimate of drug-likeness (QED) is 0.338. The van der Waals surface area contributed by atoms with Crippen LogP contribution in [-0.4, -0.2) is 16.9 Å². The monoisotopic (exact) mass is 196 g/mol. The molecule has 3 heteroatoms. The van der Waals surface area contributed by atoms with Gasteiger partial charge in [0.1, 0.15) is 0 Å². The first-order valence-corrected chi connectivity index (χ1v) is 3.02. The summed E-state index contributed by atoms with van der Waals surface area (Å²) in [6, 6.07) is 0. The van der Waals surface area contributed by atoms with Crippen molar-refractivity contribution in [3.63, 3.8) is 0 Å². The van der Waals surface area contributed by atoms with Crippen LogP contribution in [0.5, 0.6) is 0 Å². The van der Waals surface area contributed by atoms with E-state index in [1.54, 1.807) is 6.34 Å². The van der Waals surface area contributed by atoms with Crippen LogP contribution in [0.4, 0.5) is 0 Å². The number of hydrogen-bond acceptors (Lipinski definition) is 2. The normalized spacial score (nSPS) is 30.5. The van der Waals surface area contributed by atoms with Gasteiger partial charge >= 0.3 is 0 Å². The highest BCUT2D eigenvalue weighted by Crippen LogP contribution is 1.97. The minimum absolute atomic E-state index is 0.544. The molecular weight excluding hydrogens is 191 g/mol. The molecule has 1 rings (SSSR count). The van der Waals surface area contributed by atoms with Gasteiger partial charge < -0.3 is 5.32 Å². The zero-order valence-electron chi connectivity index (χ0n) is 3.19. The van der Waals surface area contributed by atoms with Crippen LogP contribution in [0.15, 0.2) is 4.99 Å². The SMILES string of the molecule is IC1CN=CN1. The van der Waals surface area contributed by atoms with Crippen molar-refractivity contribution in [3.05, 3.63) is 0 Å². The van der Waals surface area contributed by atoms with Crippen molar-refractivity contribution in [2.75, 3.05) is 6.54 Å². The Bertz CT molecular complexity index is 63.2. The van der Waals surface area contributed by atoms with Crippen molar-refractivity contribution >= 4 is 28.9 Å². The number of aliphatic imine (C=N–C) groups is 1. The van der Waals surface area contributed by atoms with E-state index in [4.69, 9.17) is 0 Å². The van der Waals surface area contributed by atoms with E-state index in [-0.39, 0.29) is 0 Å². The van der Waals surface area contributed by atoms with Crippen molar-refractivity contribution in [3.8, 4) is 0 Å². The summed E-state index contributed by atoms with van der Waals surface area (Å²) in [5.41, 5.74) is 0. The van der Waals surface area contributed by atoms with Crippen LogP contribution in [0.25, 0.3) is 0 Å². The fraction of sp³-hybridized carbons (Fsp3) is 0.667. The van der Waals surface area contributed by atoms with Gasteiger partial charge in [0.25, 0.3) is 0 Å². The van der Waals surface area contributed by atoms with E-state index in [9.17, 15) is 0 Å². The molecule has 1 heterocycles. The lowest BCUT2D eigenvalue weighted by molar-refractivity contribution is 0.930. The van der Waals surface area contributed by atoms with Crippen LogP contribution < -0.4 is 5.32 Å². The van der Waals surface area contributed by atoms with E-state index in [1.165, 1.54) is 0 Å². The van der Waals surface area contributed by atoms with Crippen LogP contribution in [0.3, 0.4) is 0 Å². The average Bonchev–Trinajstić information content (AvgIpc) is 1.86. The molecule has 0 spiro atoms. The molecule has 1 aliphatic heterocycles. The third-order valence-electron chi connectivity index (χ3n) is 0.612. The van der Waals surface area contributed by atoms with Crippen molar-refractivity contribution in [2.45, 2.75) is 4.05 Å². The number of halogens is 1. The van der Waals surface area contributed by atoms with Crippen molar-refractivity contribution in [1.29, 1.82) is 0 Å². The molecule has 34 valence electrons. The van der Waals surface area contributed by atoms with E-state index in [0.29, 0.717) is 4.05 Å². The number of alkyl halides is 1. The summed E-state index contributed by atoms with van der Waals surface area (Å²) in [7, 11) is 0. The summed E-state index contributed by atoms with van der Waals surface area (Å²) in [4.78, 5) is 3.92. The first kappa shape index (κ1) is 4.36. The predicted molar refractivity (Wildman–Crippen MR) is 34.3 cm³/mol. The Kier molecular flexibility index (Phi) is 1.29. The van der Waals surface area contributed by atoms with Crippen LogP contribution >= 0.6 is 22.6 Å². The van der Waals surface area contributed by atoms with Gasteiger partial charge in [0.15, 0.2) is 0 Å². The predicted octanol–water partition coefficient (Wildman–Crippen LogP) is 0.379. The highest BCUT2D eigenvalue weighted by atomic mass is 127. The van der Waals surface area contributed by atoms with E-state index < -0.39 is 0 Å². The number of nitrogens with zero attached hydrogens (tertiary/aromatic N) is 1. The smallest absolute Gasteiger partial charge is 0.0985 e. The largest absolute Gasteiger partial charge is 0.363 e. The van der Waals surface area contributed by atoms with Gasteiger partial charge in [-0.1, -0.05) is 22.6 Å². The second kappa shape index (κ2) is 1.77. The molecule has 0 radical (unpaired) electrons. The van der Waals surface area contributed by atoms with Gasteiger partial charge in [0.2, 0.25) is 0 Å². The summed E-state index contributed by atoms with van der Waals surface area (Å²) >= 11 is 2.30. The minimum Gasteiger partial charge on any atom is -0.363 e. The Morgan fingerprint density at radius 3 is 3.00 bits per heavy atom. The zero-order valence-corrected chi connectivity index (χ0v) is 5.34. The van der Waals surface area contributed by atoms with Crippen molar-refractivity contribution in [2.24, 2.45) is 4.99 Å². The molecule has 0 aliphatic carbocycles. The summed E-state index contributed by atoms with van der Waals surface area (Å²) < 4.78 is 0.544. The van der Waals surface area contributed by atoms with Gasteiger partial charge in [-0.05, 0) is 0 Å².